The Bertz CT molecular complexity index is 625. The molecule has 0 saturated heterocycles. The van der Waals surface area contributed by atoms with Crippen molar-refractivity contribution in [2.24, 2.45) is 5.73 Å². The lowest BCUT2D eigenvalue weighted by Gasteiger charge is -2.32. The van der Waals surface area contributed by atoms with E-state index in [0.29, 0.717) is 6.54 Å². The SMILES string of the molecule is NC1Cc2ccccc2N(C(=O)c2sccc2Br)C1. The molecule has 0 fully saturated rings. The van der Waals surface area contributed by atoms with Gasteiger partial charge >= 0.3 is 0 Å². The normalized spacial score (nSPS) is 18.2. The van der Waals surface area contributed by atoms with E-state index in [4.69, 9.17) is 5.73 Å². The van der Waals surface area contributed by atoms with Crippen LogP contribution in [0.5, 0.6) is 0 Å². The van der Waals surface area contributed by atoms with Crippen LogP contribution < -0.4 is 10.6 Å². The Morgan fingerprint density at radius 1 is 1.37 bits per heavy atom. The van der Waals surface area contributed by atoms with Gasteiger partial charge in [-0.1, -0.05) is 18.2 Å². The monoisotopic (exact) mass is 336 g/mol. The fourth-order valence-electron chi connectivity index (χ4n) is 2.39. The van der Waals surface area contributed by atoms with Crippen molar-refractivity contribution >= 4 is 38.9 Å². The molecular formula is C14H13BrN2OS. The van der Waals surface area contributed by atoms with Crippen LogP contribution in [0.2, 0.25) is 0 Å². The van der Waals surface area contributed by atoms with Gasteiger partial charge in [-0.15, -0.1) is 11.3 Å². The van der Waals surface area contributed by atoms with E-state index in [2.05, 4.69) is 15.9 Å². The third kappa shape index (κ3) is 2.33. The number of hydrogen-bond acceptors (Lipinski definition) is 3. The summed E-state index contributed by atoms with van der Waals surface area (Å²) in [5.41, 5.74) is 8.19. The van der Waals surface area contributed by atoms with Crippen molar-refractivity contribution in [2.45, 2.75) is 12.5 Å². The summed E-state index contributed by atoms with van der Waals surface area (Å²) in [6.45, 7) is 0.570. The number of benzene rings is 1. The Labute approximate surface area is 124 Å². The molecular weight excluding hydrogens is 324 g/mol. The van der Waals surface area contributed by atoms with Gasteiger partial charge in [-0.25, -0.2) is 0 Å². The van der Waals surface area contributed by atoms with Gasteiger partial charge in [-0.2, -0.15) is 0 Å². The molecule has 1 aromatic carbocycles. The number of carbonyl (C=O) groups is 1. The summed E-state index contributed by atoms with van der Waals surface area (Å²) in [5.74, 6) is 0.0180. The second-order valence-electron chi connectivity index (χ2n) is 4.61. The number of para-hydroxylation sites is 1. The summed E-state index contributed by atoms with van der Waals surface area (Å²) < 4.78 is 0.846. The summed E-state index contributed by atoms with van der Waals surface area (Å²) in [6.07, 6.45) is 0.825. The number of fused-ring (bicyclic) bond motifs is 1. The van der Waals surface area contributed by atoms with E-state index >= 15 is 0 Å². The number of carbonyl (C=O) groups excluding carboxylic acids is 1. The summed E-state index contributed by atoms with van der Waals surface area (Å²) in [6, 6.07) is 9.87. The fraction of sp³-hybridized carbons (Fsp3) is 0.214. The van der Waals surface area contributed by atoms with E-state index in [1.807, 2.05) is 35.7 Å². The minimum Gasteiger partial charge on any atom is -0.326 e. The number of nitrogens with zero attached hydrogens (tertiary/aromatic N) is 1. The number of nitrogens with two attached hydrogens (primary N) is 1. The third-order valence-corrected chi connectivity index (χ3v) is 5.06. The molecule has 3 nitrogen and oxygen atoms in total. The number of rotatable bonds is 1. The zero-order valence-corrected chi connectivity index (χ0v) is 12.6. The van der Waals surface area contributed by atoms with Crippen molar-refractivity contribution in [1.29, 1.82) is 0 Å². The highest BCUT2D eigenvalue weighted by Crippen LogP contribution is 2.31. The van der Waals surface area contributed by atoms with Crippen LogP contribution in [0.3, 0.4) is 0 Å². The molecule has 1 unspecified atom stereocenters. The molecule has 0 spiro atoms. The number of amides is 1. The van der Waals surface area contributed by atoms with E-state index in [1.165, 1.54) is 11.3 Å². The van der Waals surface area contributed by atoms with Crippen LogP contribution in [-0.4, -0.2) is 18.5 Å². The van der Waals surface area contributed by atoms with Crippen molar-refractivity contribution in [2.75, 3.05) is 11.4 Å². The highest BCUT2D eigenvalue weighted by atomic mass is 79.9. The molecule has 0 bridgehead atoms. The third-order valence-electron chi connectivity index (χ3n) is 3.24. The number of halogens is 1. The van der Waals surface area contributed by atoms with Crippen LogP contribution in [0.4, 0.5) is 5.69 Å². The lowest BCUT2D eigenvalue weighted by atomic mass is 9.98. The molecule has 0 saturated carbocycles. The van der Waals surface area contributed by atoms with Crippen molar-refractivity contribution in [3.8, 4) is 0 Å². The first kappa shape index (κ1) is 12.8. The standard InChI is InChI=1S/C14H13BrN2OS/c15-11-5-6-19-13(11)14(18)17-8-10(16)7-9-3-1-2-4-12(9)17/h1-6,10H,7-8,16H2. The predicted molar refractivity (Wildman–Crippen MR) is 81.8 cm³/mol. The van der Waals surface area contributed by atoms with Gasteiger partial charge in [0, 0.05) is 22.7 Å². The Kier molecular flexibility index (Phi) is 3.43. The second kappa shape index (κ2) is 5.07. The average molecular weight is 337 g/mol. The molecule has 1 aliphatic heterocycles. The summed E-state index contributed by atoms with van der Waals surface area (Å²) in [7, 11) is 0. The predicted octanol–water partition coefficient (Wildman–Crippen LogP) is 3.04. The van der Waals surface area contributed by atoms with E-state index < -0.39 is 0 Å². The lowest BCUT2D eigenvalue weighted by molar-refractivity contribution is 0.0986. The average Bonchev–Trinajstić information content (AvgIpc) is 2.83. The van der Waals surface area contributed by atoms with Gasteiger partial charge in [-0.3, -0.25) is 4.79 Å². The smallest absolute Gasteiger partial charge is 0.269 e. The molecule has 5 heteroatoms. The zero-order valence-electron chi connectivity index (χ0n) is 10.2. The first-order valence-corrected chi connectivity index (χ1v) is 7.72. The molecule has 3 rings (SSSR count). The highest BCUT2D eigenvalue weighted by Gasteiger charge is 2.28. The van der Waals surface area contributed by atoms with E-state index in [0.717, 1.165) is 27.0 Å². The van der Waals surface area contributed by atoms with Gasteiger partial charge in [0.2, 0.25) is 0 Å². The molecule has 2 N–H and O–H groups in total. The molecule has 19 heavy (non-hydrogen) atoms. The van der Waals surface area contributed by atoms with Crippen LogP contribution in [0.25, 0.3) is 0 Å². The van der Waals surface area contributed by atoms with Gasteiger partial charge in [0.1, 0.15) is 4.88 Å². The van der Waals surface area contributed by atoms with Gasteiger partial charge in [0.05, 0.1) is 0 Å². The minimum atomic E-state index is -0.00223. The molecule has 1 aliphatic rings. The van der Waals surface area contributed by atoms with Gasteiger partial charge in [0.25, 0.3) is 5.91 Å². The molecule has 2 aromatic rings. The van der Waals surface area contributed by atoms with Crippen LogP contribution in [-0.2, 0) is 6.42 Å². The Morgan fingerprint density at radius 3 is 2.89 bits per heavy atom. The van der Waals surface area contributed by atoms with Crippen molar-refractivity contribution in [3.05, 3.63) is 50.6 Å². The molecule has 1 amide bonds. The van der Waals surface area contributed by atoms with Crippen molar-refractivity contribution in [3.63, 3.8) is 0 Å². The Hall–Kier alpha value is -1.17. The summed E-state index contributed by atoms with van der Waals surface area (Å²) in [5, 5.41) is 1.91. The summed E-state index contributed by atoms with van der Waals surface area (Å²) >= 11 is 4.87. The number of hydrogen-bond donors (Lipinski definition) is 1. The maximum Gasteiger partial charge on any atom is 0.269 e. The Morgan fingerprint density at radius 2 is 2.16 bits per heavy atom. The van der Waals surface area contributed by atoms with Crippen LogP contribution in [0, 0.1) is 0 Å². The Balaban J connectivity index is 2.02. The first-order chi connectivity index (χ1) is 9.16. The molecule has 2 heterocycles. The maximum absolute atomic E-state index is 12.6. The van der Waals surface area contributed by atoms with Crippen LogP contribution in [0.1, 0.15) is 15.2 Å². The van der Waals surface area contributed by atoms with Crippen LogP contribution in [0.15, 0.2) is 40.2 Å². The highest BCUT2D eigenvalue weighted by molar-refractivity contribution is 9.10. The topological polar surface area (TPSA) is 46.3 Å². The second-order valence-corrected chi connectivity index (χ2v) is 6.38. The van der Waals surface area contributed by atoms with Crippen molar-refractivity contribution in [1.82, 2.24) is 0 Å². The quantitative estimate of drug-likeness (QED) is 0.869. The first-order valence-electron chi connectivity index (χ1n) is 6.05. The number of anilines is 1. The van der Waals surface area contributed by atoms with Gasteiger partial charge in [0.15, 0.2) is 0 Å². The lowest BCUT2D eigenvalue weighted by Crippen LogP contribution is -2.46. The van der Waals surface area contributed by atoms with Crippen LogP contribution >= 0.6 is 27.3 Å². The minimum absolute atomic E-state index is 0.00223. The summed E-state index contributed by atoms with van der Waals surface area (Å²) in [4.78, 5) is 15.2. The molecule has 98 valence electrons. The molecule has 0 aliphatic carbocycles. The molecule has 1 aromatic heterocycles. The zero-order chi connectivity index (χ0) is 13.4. The van der Waals surface area contributed by atoms with E-state index in [-0.39, 0.29) is 11.9 Å². The molecule has 1 atom stereocenters. The van der Waals surface area contributed by atoms with Gasteiger partial charge in [-0.05, 0) is 45.4 Å². The van der Waals surface area contributed by atoms with E-state index in [1.54, 1.807) is 4.90 Å². The largest absolute Gasteiger partial charge is 0.326 e. The van der Waals surface area contributed by atoms with E-state index in [9.17, 15) is 4.79 Å². The maximum atomic E-state index is 12.6. The number of thiophene rings is 1. The van der Waals surface area contributed by atoms with Gasteiger partial charge < -0.3 is 10.6 Å². The van der Waals surface area contributed by atoms with Crippen molar-refractivity contribution < 1.29 is 4.79 Å². The fourth-order valence-corrected chi connectivity index (χ4v) is 3.88. The molecule has 0 radical (unpaired) electrons.